The Hall–Kier alpha value is -2.17. The van der Waals surface area contributed by atoms with Gasteiger partial charge in [-0.25, -0.2) is 4.39 Å². The van der Waals surface area contributed by atoms with E-state index in [-0.39, 0.29) is 17.0 Å². The van der Waals surface area contributed by atoms with E-state index in [1.165, 1.54) is 13.0 Å². The zero-order chi connectivity index (χ0) is 12.4. The third kappa shape index (κ3) is 2.18. The van der Waals surface area contributed by atoms with Gasteiger partial charge in [-0.3, -0.25) is 4.79 Å². The summed E-state index contributed by atoms with van der Waals surface area (Å²) in [5, 5.41) is 3.71. The van der Waals surface area contributed by atoms with Gasteiger partial charge in [0.1, 0.15) is 5.82 Å². The molecule has 1 aromatic heterocycles. The van der Waals surface area contributed by atoms with Crippen LogP contribution in [0.5, 0.6) is 5.75 Å². The molecule has 0 atom stereocenters. The summed E-state index contributed by atoms with van der Waals surface area (Å²) in [6, 6.07) is 6.08. The smallest absolute Gasteiger partial charge is 0.308 e. The third-order valence-electron chi connectivity index (χ3n) is 2.18. The largest absolute Gasteiger partial charge is 0.420 e. The highest BCUT2D eigenvalue weighted by atomic mass is 19.1. The van der Waals surface area contributed by atoms with Gasteiger partial charge in [-0.2, -0.15) is 0 Å². The fourth-order valence-corrected chi connectivity index (χ4v) is 1.45. The normalized spacial score (nSPS) is 10.3. The highest BCUT2D eigenvalue weighted by Crippen LogP contribution is 2.33. The molecule has 17 heavy (non-hydrogen) atoms. The zero-order valence-corrected chi connectivity index (χ0v) is 9.36. The molecule has 5 heteroatoms. The van der Waals surface area contributed by atoms with Gasteiger partial charge in [-0.1, -0.05) is 17.3 Å². The maximum Gasteiger partial charge on any atom is 0.308 e. The van der Waals surface area contributed by atoms with E-state index in [1.54, 1.807) is 25.1 Å². The van der Waals surface area contributed by atoms with E-state index in [2.05, 4.69) is 5.16 Å². The summed E-state index contributed by atoms with van der Waals surface area (Å²) in [6.07, 6.45) is 0. The number of hydrogen-bond donors (Lipinski definition) is 0. The molecule has 0 radical (unpaired) electrons. The standard InChI is InChI=1S/C12H10FNO3/c1-7-12(16-8(2)15)11(14-17-7)9-5-3-4-6-10(9)13/h3-6H,1-2H3. The molecular formula is C12H10FNO3. The lowest BCUT2D eigenvalue weighted by Crippen LogP contribution is -2.03. The Morgan fingerprint density at radius 3 is 2.76 bits per heavy atom. The Kier molecular flexibility index (Phi) is 2.91. The molecule has 4 nitrogen and oxygen atoms in total. The number of aromatic nitrogens is 1. The predicted octanol–water partition coefficient (Wildman–Crippen LogP) is 2.71. The second-order valence-electron chi connectivity index (χ2n) is 3.49. The van der Waals surface area contributed by atoms with E-state index < -0.39 is 11.8 Å². The zero-order valence-electron chi connectivity index (χ0n) is 9.36. The molecule has 2 aromatic rings. The Bertz CT molecular complexity index is 563. The quantitative estimate of drug-likeness (QED) is 0.751. The molecule has 0 unspecified atom stereocenters. The van der Waals surface area contributed by atoms with Gasteiger partial charge in [0.15, 0.2) is 11.5 Å². The van der Waals surface area contributed by atoms with Crippen LogP contribution in [0.3, 0.4) is 0 Å². The highest BCUT2D eigenvalue weighted by Gasteiger charge is 2.20. The minimum atomic E-state index is -0.506. The first-order chi connectivity index (χ1) is 8.09. The summed E-state index contributed by atoms with van der Waals surface area (Å²) in [4.78, 5) is 10.9. The van der Waals surface area contributed by atoms with Gasteiger partial charge in [0, 0.05) is 19.4 Å². The number of carbonyl (C=O) groups excluding carboxylic acids is 1. The monoisotopic (exact) mass is 235 g/mol. The highest BCUT2D eigenvalue weighted by molar-refractivity contribution is 5.75. The van der Waals surface area contributed by atoms with Crippen molar-refractivity contribution >= 4 is 5.97 Å². The predicted molar refractivity (Wildman–Crippen MR) is 57.9 cm³/mol. The van der Waals surface area contributed by atoms with E-state index in [0.29, 0.717) is 5.76 Å². The second-order valence-corrected chi connectivity index (χ2v) is 3.49. The molecule has 0 aliphatic carbocycles. The number of nitrogens with zero attached hydrogens (tertiary/aromatic N) is 1. The fraction of sp³-hybridized carbons (Fsp3) is 0.167. The molecule has 0 aliphatic heterocycles. The molecule has 88 valence electrons. The maximum absolute atomic E-state index is 13.6. The summed E-state index contributed by atoms with van der Waals surface area (Å²) < 4.78 is 23.5. The van der Waals surface area contributed by atoms with Crippen molar-refractivity contribution < 1.29 is 18.4 Å². The van der Waals surface area contributed by atoms with E-state index in [0.717, 1.165) is 0 Å². The van der Waals surface area contributed by atoms with Crippen molar-refractivity contribution in [3.05, 3.63) is 35.8 Å². The summed E-state index contributed by atoms with van der Waals surface area (Å²) in [5.74, 6) is -0.468. The van der Waals surface area contributed by atoms with Crippen molar-refractivity contribution in [2.75, 3.05) is 0 Å². The lowest BCUT2D eigenvalue weighted by atomic mass is 10.1. The molecule has 0 spiro atoms. The molecule has 0 saturated heterocycles. The first-order valence-electron chi connectivity index (χ1n) is 4.99. The van der Waals surface area contributed by atoms with Crippen LogP contribution in [-0.2, 0) is 4.79 Å². The Balaban J connectivity index is 2.53. The van der Waals surface area contributed by atoms with Crippen LogP contribution in [0.15, 0.2) is 28.8 Å². The molecule has 1 heterocycles. The second kappa shape index (κ2) is 4.37. The number of benzene rings is 1. The molecule has 0 saturated carbocycles. The van der Waals surface area contributed by atoms with Crippen molar-refractivity contribution in [1.82, 2.24) is 5.16 Å². The van der Waals surface area contributed by atoms with Gasteiger partial charge in [-0.05, 0) is 12.1 Å². The number of rotatable bonds is 2. The molecule has 0 bridgehead atoms. The molecule has 2 rings (SSSR count). The van der Waals surface area contributed by atoms with Crippen LogP contribution in [0, 0.1) is 12.7 Å². The van der Waals surface area contributed by atoms with Gasteiger partial charge in [0.25, 0.3) is 0 Å². The summed E-state index contributed by atoms with van der Waals surface area (Å²) >= 11 is 0. The first kappa shape index (κ1) is 11.3. The molecule has 0 fully saturated rings. The lowest BCUT2D eigenvalue weighted by molar-refractivity contribution is -0.131. The van der Waals surface area contributed by atoms with Crippen molar-refractivity contribution in [3.63, 3.8) is 0 Å². The van der Waals surface area contributed by atoms with Crippen molar-refractivity contribution in [3.8, 4) is 17.0 Å². The number of ether oxygens (including phenoxy) is 1. The van der Waals surface area contributed by atoms with Crippen LogP contribution < -0.4 is 4.74 Å². The van der Waals surface area contributed by atoms with Gasteiger partial charge in [0.05, 0.1) is 0 Å². The summed E-state index contributed by atoms with van der Waals surface area (Å²) in [7, 11) is 0. The van der Waals surface area contributed by atoms with E-state index in [4.69, 9.17) is 9.26 Å². The number of carbonyl (C=O) groups is 1. The molecular weight excluding hydrogens is 225 g/mol. The van der Waals surface area contributed by atoms with E-state index >= 15 is 0 Å². The third-order valence-corrected chi connectivity index (χ3v) is 2.18. The van der Waals surface area contributed by atoms with Crippen LogP contribution in [0.2, 0.25) is 0 Å². The lowest BCUT2D eigenvalue weighted by Gasteiger charge is -2.02. The number of esters is 1. The van der Waals surface area contributed by atoms with Crippen molar-refractivity contribution in [2.24, 2.45) is 0 Å². The molecule has 1 aromatic carbocycles. The van der Waals surface area contributed by atoms with Gasteiger partial charge >= 0.3 is 5.97 Å². The van der Waals surface area contributed by atoms with Crippen LogP contribution in [-0.4, -0.2) is 11.1 Å². The van der Waals surface area contributed by atoms with E-state index in [9.17, 15) is 9.18 Å². The summed E-state index contributed by atoms with van der Waals surface area (Å²) in [6.45, 7) is 2.85. The topological polar surface area (TPSA) is 52.3 Å². The van der Waals surface area contributed by atoms with Gasteiger partial charge in [0.2, 0.25) is 5.75 Å². The van der Waals surface area contributed by atoms with Crippen LogP contribution in [0.4, 0.5) is 4.39 Å². The Morgan fingerprint density at radius 2 is 2.12 bits per heavy atom. The van der Waals surface area contributed by atoms with Crippen molar-refractivity contribution in [1.29, 1.82) is 0 Å². The van der Waals surface area contributed by atoms with Gasteiger partial charge in [-0.15, -0.1) is 0 Å². The molecule has 0 aliphatic rings. The minimum absolute atomic E-state index is 0.155. The molecule has 0 amide bonds. The number of halogens is 1. The number of hydrogen-bond acceptors (Lipinski definition) is 4. The average molecular weight is 235 g/mol. The minimum Gasteiger partial charge on any atom is -0.420 e. The number of aryl methyl sites for hydroxylation is 1. The Labute approximate surface area is 97.0 Å². The van der Waals surface area contributed by atoms with Crippen LogP contribution >= 0.6 is 0 Å². The molecule has 0 N–H and O–H groups in total. The van der Waals surface area contributed by atoms with E-state index in [1.807, 2.05) is 0 Å². The first-order valence-corrected chi connectivity index (χ1v) is 4.99. The average Bonchev–Trinajstić information content (AvgIpc) is 2.61. The maximum atomic E-state index is 13.6. The van der Waals surface area contributed by atoms with Crippen LogP contribution in [0.1, 0.15) is 12.7 Å². The fourth-order valence-electron chi connectivity index (χ4n) is 1.45. The van der Waals surface area contributed by atoms with Gasteiger partial charge < -0.3 is 9.26 Å². The SMILES string of the molecule is CC(=O)Oc1c(-c2ccccc2F)noc1C. The summed E-state index contributed by atoms with van der Waals surface area (Å²) in [5.41, 5.74) is 0.427. The Morgan fingerprint density at radius 1 is 1.41 bits per heavy atom. The van der Waals surface area contributed by atoms with Crippen molar-refractivity contribution in [2.45, 2.75) is 13.8 Å². The van der Waals surface area contributed by atoms with Crippen LogP contribution in [0.25, 0.3) is 11.3 Å².